The molecular weight excluding hydrogens is 499 g/mol. The molecular formula is C24H20Cl2N2O5S. The van der Waals surface area contributed by atoms with E-state index in [1.807, 2.05) is 0 Å². The number of furan rings is 1. The minimum absolute atomic E-state index is 0.0107. The Morgan fingerprint density at radius 1 is 0.941 bits per heavy atom. The lowest BCUT2D eigenvalue weighted by atomic mass is 10.2. The van der Waals surface area contributed by atoms with Crippen molar-refractivity contribution in [2.24, 2.45) is 0 Å². The predicted molar refractivity (Wildman–Crippen MR) is 131 cm³/mol. The molecule has 1 fully saturated rings. The van der Waals surface area contributed by atoms with Crippen molar-refractivity contribution in [1.82, 2.24) is 10.6 Å². The second-order valence-corrected chi connectivity index (χ2v) is 10.9. The quantitative estimate of drug-likeness (QED) is 0.472. The Balaban J connectivity index is 1.59. The molecule has 1 aliphatic heterocycles. The molecule has 0 saturated carbocycles. The fourth-order valence-electron chi connectivity index (χ4n) is 3.47. The maximum atomic E-state index is 13.0. The molecule has 4 rings (SSSR count). The standard InChI is InChI=1S/C24H20Cl2N2O5S/c25-17-5-1-15(2-6-17)22-10-9-20(33-22)13-21(24(30)27-19-11-12-34(31,32)14-19)28-23(29)16-3-7-18(26)8-4-16/h1-10,13,19H,11-12,14H2,(H,27,30)(H,28,29)/b21-13+/t19-/m1/s1. The highest BCUT2D eigenvalue weighted by molar-refractivity contribution is 7.91. The summed E-state index contributed by atoms with van der Waals surface area (Å²) < 4.78 is 29.4. The molecule has 0 unspecified atom stereocenters. The highest BCUT2D eigenvalue weighted by atomic mass is 35.5. The van der Waals surface area contributed by atoms with E-state index in [0.717, 1.165) is 5.56 Å². The molecule has 0 bridgehead atoms. The number of sulfone groups is 1. The lowest BCUT2D eigenvalue weighted by Crippen LogP contribution is -2.41. The van der Waals surface area contributed by atoms with Crippen LogP contribution < -0.4 is 10.6 Å². The van der Waals surface area contributed by atoms with Crippen molar-refractivity contribution in [3.63, 3.8) is 0 Å². The number of nitrogens with one attached hydrogen (secondary N) is 2. The number of halogens is 2. The zero-order chi connectivity index (χ0) is 24.3. The average Bonchev–Trinajstić information content (AvgIpc) is 3.40. The van der Waals surface area contributed by atoms with Gasteiger partial charge in [0.2, 0.25) is 0 Å². The van der Waals surface area contributed by atoms with Crippen LogP contribution in [0.4, 0.5) is 0 Å². The van der Waals surface area contributed by atoms with E-state index in [9.17, 15) is 18.0 Å². The second-order valence-electron chi connectivity index (χ2n) is 7.80. The Kier molecular flexibility index (Phi) is 7.11. The van der Waals surface area contributed by atoms with E-state index >= 15 is 0 Å². The molecule has 1 saturated heterocycles. The first-order valence-electron chi connectivity index (χ1n) is 10.3. The van der Waals surface area contributed by atoms with Gasteiger partial charge in [-0.15, -0.1) is 0 Å². The van der Waals surface area contributed by atoms with Crippen LogP contribution in [-0.2, 0) is 14.6 Å². The molecule has 7 nitrogen and oxygen atoms in total. The highest BCUT2D eigenvalue weighted by Crippen LogP contribution is 2.25. The number of hydrogen-bond acceptors (Lipinski definition) is 5. The van der Waals surface area contributed by atoms with Crippen LogP contribution in [0.3, 0.4) is 0 Å². The topological polar surface area (TPSA) is 105 Å². The normalized spacial score (nSPS) is 17.4. The Morgan fingerprint density at radius 2 is 1.59 bits per heavy atom. The summed E-state index contributed by atoms with van der Waals surface area (Å²) in [7, 11) is -3.19. The van der Waals surface area contributed by atoms with Crippen LogP contribution in [0.5, 0.6) is 0 Å². The monoisotopic (exact) mass is 518 g/mol. The summed E-state index contributed by atoms with van der Waals surface area (Å²) in [6, 6.07) is 16.1. The Labute approximate surface area is 206 Å². The van der Waals surface area contributed by atoms with E-state index in [0.29, 0.717) is 33.6 Å². The van der Waals surface area contributed by atoms with Crippen molar-refractivity contribution >= 4 is 50.9 Å². The third-order valence-corrected chi connectivity index (χ3v) is 7.48. The van der Waals surface area contributed by atoms with Gasteiger partial charge in [0.15, 0.2) is 9.84 Å². The van der Waals surface area contributed by atoms with Crippen LogP contribution >= 0.6 is 23.2 Å². The SMILES string of the molecule is O=C(N[C@@H]1CCS(=O)(=O)C1)/C(=C\c1ccc(-c2ccc(Cl)cc2)o1)NC(=O)c1ccc(Cl)cc1. The van der Waals surface area contributed by atoms with Crippen molar-refractivity contribution < 1.29 is 22.4 Å². The molecule has 0 aliphatic carbocycles. The minimum Gasteiger partial charge on any atom is -0.457 e. The fourth-order valence-corrected chi connectivity index (χ4v) is 5.39. The summed E-state index contributed by atoms with van der Waals surface area (Å²) >= 11 is 11.8. The highest BCUT2D eigenvalue weighted by Gasteiger charge is 2.30. The maximum Gasteiger partial charge on any atom is 0.268 e. The first-order chi connectivity index (χ1) is 16.2. The third kappa shape index (κ3) is 6.08. The molecule has 1 aromatic heterocycles. The molecule has 2 heterocycles. The van der Waals surface area contributed by atoms with Crippen molar-refractivity contribution in [3.8, 4) is 11.3 Å². The van der Waals surface area contributed by atoms with Gasteiger partial charge in [-0.05, 0) is 67.1 Å². The van der Waals surface area contributed by atoms with Crippen LogP contribution in [0, 0.1) is 0 Å². The van der Waals surface area contributed by atoms with Gasteiger partial charge in [0, 0.05) is 33.3 Å². The summed E-state index contributed by atoms with van der Waals surface area (Å²) in [5.41, 5.74) is 1.01. The largest absolute Gasteiger partial charge is 0.457 e. The molecule has 0 radical (unpaired) electrons. The summed E-state index contributed by atoms with van der Waals surface area (Å²) in [5.74, 6) is -0.398. The molecule has 0 spiro atoms. The number of carbonyl (C=O) groups excluding carboxylic acids is 2. The van der Waals surface area contributed by atoms with Crippen molar-refractivity contribution in [3.05, 3.63) is 87.7 Å². The van der Waals surface area contributed by atoms with Crippen molar-refractivity contribution in [1.29, 1.82) is 0 Å². The van der Waals surface area contributed by atoms with E-state index in [4.69, 9.17) is 27.6 Å². The smallest absolute Gasteiger partial charge is 0.268 e. The van der Waals surface area contributed by atoms with Gasteiger partial charge in [-0.25, -0.2) is 8.42 Å². The summed E-state index contributed by atoms with van der Waals surface area (Å²) in [5, 5.41) is 6.34. The van der Waals surface area contributed by atoms with Gasteiger partial charge >= 0.3 is 0 Å². The first kappa shape index (κ1) is 24.1. The zero-order valence-electron chi connectivity index (χ0n) is 17.8. The lowest BCUT2D eigenvalue weighted by molar-refractivity contribution is -0.118. The fraction of sp³-hybridized carbons (Fsp3) is 0.167. The van der Waals surface area contributed by atoms with Gasteiger partial charge in [0.05, 0.1) is 11.5 Å². The van der Waals surface area contributed by atoms with E-state index < -0.39 is 27.7 Å². The van der Waals surface area contributed by atoms with Gasteiger partial charge < -0.3 is 15.1 Å². The molecule has 2 N–H and O–H groups in total. The first-order valence-corrected chi connectivity index (χ1v) is 12.9. The number of hydrogen-bond donors (Lipinski definition) is 2. The van der Waals surface area contributed by atoms with Crippen LogP contribution in [0.15, 0.2) is 70.8 Å². The van der Waals surface area contributed by atoms with Gasteiger partial charge in [-0.3, -0.25) is 9.59 Å². The predicted octanol–water partition coefficient (Wildman–Crippen LogP) is 4.33. The number of benzene rings is 2. The number of carbonyl (C=O) groups is 2. The van der Waals surface area contributed by atoms with E-state index in [-0.39, 0.29) is 17.2 Å². The maximum absolute atomic E-state index is 13.0. The summed E-state index contributed by atoms with van der Waals surface area (Å²) in [6.07, 6.45) is 1.71. The molecule has 1 aliphatic rings. The Bertz CT molecular complexity index is 1350. The Morgan fingerprint density at radius 3 is 2.21 bits per heavy atom. The second kappa shape index (κ2) is 10.0. The molecule has 3 aromatic rings. The molecule has 34 heavy (non-hydrogen) atoms. The van der Waals surface area contributed by atoms with Gasteiger partial charge in [0.1, 0.15) is 17.2 Å². The number of amides is 2. The van der Waals surface area contributed by atoms with Crippen LogP contribution in [0.25, 0.3) is 17.4 Å². The van der Waals surface area contributed by atoms with E-state index in [1.54, 1.807) is 48.5 Å². The van der Waals surface area contributed by atoms with Gasteiger partial charge in [0.25, 0.3) is 11.8 Å². The molecule has 2 amide bonds. The van der Waals surface area contributed by atoms with Gasteiger partial charge in [-0.2, -0.15) is 0 Å². The van der Waals surface area contributed by atoms with Crippen LogP contribution in [0.1, 0.15) is 22.5 Å². The van der Waals surface area contributed by atoms with Crippen molar-refractivity contribution in [2.75, 3.05) is 11.5 Å². The molecule has 1 atom stereocenters. The van der Waals surface area contributed by atoms with Crippen LogP contribution in [0.2, 0.25) is 10.0 Å². The van der Waals surface area contributed by atoms with E-state index in [2.05, 4.69) is 10.6 Å². The summed E-state index contributed by atoms with van der Waals surface area (Å²) in [4.78, 5) is 25.7. The van der Waals surface area contributed by atoms with E-state index in [1.165, 1.54) is 18.2 Å². The number of rotatable bonds is 6. The van der Waals surface area contributed by atoms with Crippen LogP contribution in [-0.4, -0.2) is 37.8 Å². The molecule has 10 heteroatoms. The lowest BCUT2D eigenvalue weighted by Gasteiger charge is -2.14. The van der Waals surface area contributed by atoms with Crippen molar-refractivity contribution in [2.45, 2.75) is 12.5 Å². The third-order valence-electron chi connectivity index (χ3n) is 5.21. The molecule has 2 aromatic carbocycles. The minimum atomic E-state index is -3.19. The Hall–Kier alpha value is -3.07. The summed E-state index contributed by atoms with van der Waals surface area (Å²) in [6.45, 7) is 0. The van der Waals surface area contributed by atoms with Gasteiger partial charge in [-0.1, -0.05) is 23.2 Å². The molecule has 176 valence electrons. The average molecular weight is 519 g/mol. The zero-order valence-corrected chi connectivity index (χ0v) is 20.1.